The molecule has 0 atom stereocenters. The van der Waals surface area contributed by atoms with Gasteiger partial charge in [0.1, 0.15) is 0 Å². The van der Waals surface area contributed by atoms with E-state index in [0.717, 1.165) is 5.95 Å². The van der Waals surface area contributed by atoms with Crippen molar-refractivity contribution in [1.29, 1.82) is 0 Å². The van der Waals surface area contributed by atoms with Crippen molar-refractivity contribution in [3.63, 3.8) is 0 Å². The summed E-state index contributed by atoms with van der Waals surface area (Å²) in [6, 6.07) is 0. The Hall–Kier alpha value is -1.85. The molecule has 6 heteroatoms. The van der Waals surface area contributed by atoms with Gasteiger partial charge in [-0.2, -0.15) is 0 Å². The Morgan fingerprint density at radius 1 is 1.05 bits per heavy atom. The van der Waals surface area contributed by atoms with Crippen molar-refractivity contribution < 1.29 is 9.90 Å². The fourth-order valence-corrected chi connectivity index (χ4v) is 3.24. The van der Waals surface area contributed by atoms with Gasteiger partial charge in [-0.1, -0.05) is 19.3 Å². The van der Waals surface area contributed by atoms with Crippen LogP contribution in [0.2, 0.25) is 0 Å². The molecule has 0 unspecified atom stereocenters. The Kier molecular flexibility index (Phi) is 4.22. The minimum absolute atomic E-state index is 0.517. The maximum atomic E-state index is 10.9. The molecule has 2 heterocycles. The first-order chi connectivity index (χ1) is 10.2. The molecule has 0 aromatic carbocycles. The fourth-order valence-electron chi connectivity index (χ4n) is 3.24. The molecule has 1 aliphatic heterocycles. The summed E-state index contributed by atoms with van der Waals surface area (Å²) in [5.41, 5.74) is 1.25. The molecule has 2 fully saturated rings. The highest BCUT2D eigenvalue weighted by Crippen LogP contribution is 2.32. The minimum Gasteiger partial charge on any atom is -0.465 e. The highest BCUT2D eigenvalue weighted by Gasteiger charge is 2.22. The Morgan fingerprint density at radius 2 is 1.67 bits per heavy atom. The molecule has 1 aromatic rings. The van der Waals surface area contributed by atoms with E-state index in [2.05, 4.69) is 14.9 Å². The summed E-state index contributed by atoms with van der Waals surface area (Å²) in [5.74, 6) is 1.34. The number of rotatable bonds is 2. The second-order valence-electron chi connectivity index (χ2n) is 5.91. The molecule has 21 heavy (non-hydrogen) atoms. The number of carbonyl (C=O) groups is 1. The molecule has 1 N–H and O–H groups in total. The Morgan fingerprint density at radius 3 is 2.24 bits per heavy atom. The van der Waals surface area contributed by atoms with E-state index in [4.69, 9.17) is 5.11 Å². The van der Waals surface area contributed by atoms with E-state index in [-0.39, 0.29) is 0 Å². The molecule has 2 aliphatic rings. The van der Waals surface area contributed by atoms with Gasteiger partial charge in [-0.3, -0.25) is 0 Å². The first kappa shape index (κ1) is 14.1. The molecule has 0 radical (unpaired) electrons. The van der Waals surface area contributed by atoms with Gasteiger partial charge in [-0.15, -0.1) is 0 Å². The van der Waals surface area contributed by atoms with Gasteiger partial charge in [0.15, 0.2) is 0 Å². The smallest absolute Gasteiger partial charge is 0.407 e. The van der Waals surface area contributed by atoms with Crippen molar-refractivity contribution in [3.05, 3.63) is 18.0 Å². The van der Waals surface area contributed by atoms with Crippen LogP contribution < -0.4 is 4.90 Å². The van der Waals surface area contributed by atoms with Crippen LogP contribution in [0.15, 0.2) is 12.4 Å². The summed E-state index contributed by atoms with van der Waals surface area (Å²) >= 11 is 0. The molecular formula is C15H22N4O2. The summed E-state index contributed by atoms with van der Waals surface area (Å²) in [6.07, 6.45) is 9.54. The second kappa shape index (κ2) is 6.28. The number of amides is 1. The highest BCUT2D eigenvalue weighted by atomic mass is 16.4. The molecule has 1 amide bonds. The molecule has 1 aromatic heterocycles. The molecule has 1 saturated heterocycles. The lowest BCUT2D eigenvalue weighted by Gasteiger charge is -2.33. The number of hydrogen-bond acceptors (Lipinski definition) is 4. The van der Waals surface area contributed by atoms with Gasteiger partial charge in [-0.25, -0.2) is 14.8 Å². The van der Waals surface area contributed by atoms with Crippen LogP contribution in [-0.2, 0) is 0 Å². The molecular weight excluding hydrogens is 268 g/mol. The number of carboxylic acid groups (broad SMARTS) is 1. The lowest BCUT2D eigenvalue weighted by molar-refractivity contribution is 0.142. The predicted molar refractivity (Wildman–Crippen MR) is 79.7 cm³/mol. The zero-order valence-corrected chi connectivity index (χ0v) is 12.2. The van der Waals surface area contributed by atoms with Crippen LogP contribution >= 0.6 is 0 Å². The normalized spacial score (nSPS) is 20.6. The summed E-state index contributed by atoms with van der Waals surface area (Å²) in [7, 11) is 0. The van der Waals surface area contributed by atoms with E-state index in [9.17, 15) is 4.79 Å². The first-order valence-electron chi connectivity index (χ1n) is 7.79. The van der Waals surface area contributed by atoms with Crippen molar-refractivity contribution in [3.8, 4) is 0 Å². The van der Waals surface area contributed by atoms with Gasteiger partial charge >= 0.3 is 6.09 Å². The maximum Gasteiger partial charge on any atom is 0.407 e. The lowest BCUT2D eigenvalue weighted by atomic mass is 9.85. The van der Waals surface area contributed by atoms with E-state index < -0.39 is 6.09 Å². The van der Waals surface area contributed by atoms with Crippen LogP contribution in [0, 0.1) is 0 Å². The monoisotopic (exact) mass is 290 g/mol. The number of anilines is 1. The third-order valence-corrected chi connectivity index (χ3v) is 4.57. The van der Waals surface area contributed by atoms with Gasteiger partial charge in [0, 0.05) is 38.6 Å². The zero-order chi connectivity index (χ0) is 14.7. The van der Waals surface area contributed by atoms with E-state index in [1.807, 2.05) is 12.4 Å². The molecule has 6 nitrogen and oxygen atoms in total. The predicted octanol–water partition coefficient (Wildman–Crippen LogP) is 2.32. The Bertz CT molecular complexity index is 477. The van der Waals surface area contributed by atoms with Gasteiger partial charge in [0.2, 0.25) is 5.95 Å². The SMILES string of the molecule is O=C(O)N1CCN(c2ncc(C3CCCCC3)cn2)CC1. The van der Waals surface area contributed by atoms with Crippen LogP contribution in [-0.4, -0.2) is 52.2 Å². The Balaban J connectivity index is 1.61. The highest BCUT2D eigenvalue weighted by molar-refractivity contribution is 5.65. The van der Waals surface area contributed by atoms with Crippen LogP contribution in [0.5, 0.6) is 0 Å². The van der Waals surface area contributed by atoms with Crippen molar-refractivity contribution in [2.24, 2.45) is 0 Å². The summed E-state index contributed by atoms with van der Waals surface area (Å²) < 4.78 is 0. The summed E-state index contributed by atoms with van der Waals surface area (Å²) in [4.78, 5) is 23.4. The molecule has 114 valence electrons. The third kappa shape index (κ3) is 3.25. The van der Waals surface area contributed by atoms with Crippen molar-refractivity contribution >= 4 is 12.0 Å². The molecule has 1 aliphatic carbocycles. The van der Waals surface area contributed by atoms with E-state index in [1.165, 1.54) is 42.6 Å². The quantitative estimate of drug-likeness (QED) is 0.905. The fraction of sp³-hybridized carbons (Fsp3) is 0.667. The van der Waals surface area contributed by atoms with Crippen molar-refractivity contribution in [2.45, 2.75) is 38.0 Å². The maximum absolute atomic E-state index is 10.9. The number of hydrogen-bond donors (Lipinski definition) is 1. The third-order valence-electron chi connectivity index (χ3n) is 4.57. The minimum atomic E-state index is -0.844. The number of aromatic nitrogens is 2. The molecule has 1 saturated carbocycles. The molecule has 0 bridgehead atoms. The molecule has 3 rings (SSSR count). The van der Waals surface area contributed by atoms with Crippen LogP contribution in [0.4, 0.5) is 10.7 Å². The average Bonchev–Trinajstić information content (AvgIpc) is 2.56. The molecule has 0 spiro atoms. The lowest BCUT2D eigenvalue weighted by Crippen LogP contribution is -2.48. The van der Waals surface area contributed by atoms with Crippen LogP contribution in [0.3, 0.4) is 0 Å². The van der Waals surface area contributed by atoms with Gasteiger partial charge in [0.05, 0.1) is 0 Å². The topological polar surface area (TPSA) is 69.6 Å². The average molecular weight is 290 g/mol. The van der Waals surface area contributed by atoms with Crippen molar-refractivity contribution in [1.82, 2.24) is 14.9 Å². The van der Waals surface area contributed by atoms with Gasteiger partial charge in [-0.05, 0) is 24.3 Å². The first-order valence-corrected chi connectivity index (χ1v) is 7.79. The van der Waals surface area contributed by atoms with Crippen LogP contribution in [0.25, 0.3) is 0 Å². The summed E-state index contributed by atoms with van der Waals surface area (Å²) in [5, 5.41) is 8.95. The standard InChI is InChI=1S/C15H22N4O2/c20-15(21)19-8-6-18(7-9-19)14-16-10-13(11-17-14)12-4-2-1-3-5-12/h10-12H,1-9H2,(H,20,21). The van der Waals surface area contributed by atoms with E-state index in [0.29, 0.717) is 32.1 Å². The number of piperazine rings is 1. The zero-order valence-electron chi connectivity index (χ0n) is 12.2. The van der Waals surface area contributed by atoms with Crippen molar-refractivity contribution in [2.75, 3.05) is 31.1 Å². The van der Waals surface area contributed by atoms with E-state index in [1.54, 1.807) is 0 Å². The van der Waals surface area contributed by atoms with Crippen LogP contribution in [0.1, 0.15) is 43.6 Å². The van der Waals surface area contributed by atoms with Gasteiger partial charge < -0.3 is 14.9 Å². The Labute approximate surface area is 124 Å². The number of nitrogens with zero attached hydrogens (tertiary/aromatic N) is 4. The second-order valence-corrected chi connectivity index (χ2v) is 5.91. The van der Waals surface area contributed by atoms with E-state index >= 15 is 0 Å². The summed E-state index contributed by atoms with van der Waals surface area (Å²) in [6.45, 7) is 2.36. The largest absolute Gasteiger partial charge is 0.465 e. The van der Waals surface area contributed by atoms with Gasteiger partial charge in [0.25, 0.3) is 0 Å².